The van der Waals surface area contributed by atoms with Crippen molar-refractivity contribution in [1.29, 1.82) is 0 Å². The van der Waals surface area contributed by atoms with Crippen LogP contribution < -0.4 is 20.1 Å². The molecule has 1 aromatic heterocycles. The number of nitrogens with one attached hydrogen (secondary N) is 2. The zero-order chi connectivity index (χ0) is 38.6. The van der Waals surface area contributed by atoms with Crippen LogP contribution in [0.5, 0.6) is 17.4 Å². The van der Waals surface area contributed by atoms with Crippen LogP contribution in [-0.2, 0) is 19.7 Å². The Kier molecular flexibility index (Phi) is 8.91. The third-order valence-electron chi connectivity index (χ3n) is 12.2. The molecule has 2 N–H and O–H groups in total. The predicted octanol–water partition coefficient (Wildman–Crippen LogP) is 5.77. The zero-order valence-corrected chi connectivity index (χ0v) is 30.9. The summed E-state index contributed by atoms with van der Waals surface area (Å²) in [5, 5.41) is 13.7. The summed E-state index contributed by atoms with van der Waals surface area (Å²) < 4.78 is 18.0. The number of benzene rings is 3. The summed E-state index contributed by atoms with van der Waals surface area (Å²) in [5.41, 5.74) is 4.08. The van der Waals surface area contributed by atoms with Gasteiger partial charge in [0.25, 0.3) is 11.8 Å². The first-order valence-corrected chi connectivity index (χ1v) is 19.2. The number of hydrogen-bond donors (Lipinski definition) is 2. The van der Waals surface area contributed by atoms with Crippen LogP contribution in [0.25, 0.3) is 0 Å². The molecule has 13 heteroatoms. The van der Waals surface area contributed by atoms with Gasteiger partial charge >= 0.3 is 0 Å². The molecule has 0 bridgehead atoms. The average Bonchev–Trinajstić information content (AvgIpc) is 3.42. The Morgan fingerprint density at radius 1 is 0.821 bits per heavy atom. The van der Waals surface area contributed by atoms with E-state index in [1.165, 1.54) is 18.1 Å². The van der Waals surface area contributed by atoms with Gasteiger partial charge in [-0.1, -0.05) is 24.3 Å². The van der Waals surface area contributed by atoms with Gasteiger partial charge in [0.2, 0.25) is 17.7 Å². The molecule has 2 saturated carbocycles. The third kappa shape index (κ3) is 6.49. The molecular weight excluding hydrogens is 714 g/mol. The number of carbonyl (C=O) groups is 5. The maximum atomic E-state index is 13.3. The fourth-order valence-electron chi connectivity index (χ4n) is 8.78. The first kappa shape index (κ1) is 35.7. The van der Waals surface area contributed by atoms with Gasteiger partial charge in [-0.25, -0.2) is 0 Å². The predicted molar refractivity (Wildman–Crippen MR) is 202 cm³/mol. The van der Waals surface area contributed by atoms with E-state index in [-0.39, 0.29) is 52.7 Å². The van der Waals surface area contributed by atoms with Crippen molar-refractivity contribution < 1.29 is 38.2 Å². The van der Waals surface area contributed by atoms with Crippen molar-refractivity contribution in [2.45, 2.75) is 81.9 Å². The normalized spacial score (nSPS) is 23.4. The number of piperidine rings is 1. The van der Waals surface area contributed by atoms with Crippen molar-refractivity contribution in [3.63, 3.8) is 0 Å². The lowest BCUT2D eigenvalue weighted by atomic mass is 9.58. The first-order chi connectivity index (χ1) is 27.1. The SMILES string of the molecule is CC(=O)c1ccc(Oc2ccc(C3(c4ccc(OC5CC(Nc6ccc7c(c6)C(=O)N(C6CCC(=O)NC6=O)C7=O)C5)cc4)CCC4(CC3)COC4)cc2)nn1. The summed E-state index contributed by atoms with van der Waals surface area (Å²) in [7, 11) is 0. The van der Waals surface area contributed by atoms with E-state index >= 15 is 0 Å². The quantitative estimate of drug-likeness (QED) is 0.149. The van der Waals surface area contributed by atoms with Crippen molar-refractivity contribution in [3.8, 4) is 17.4 Å². The molecule has 286 valence electrons. The molecule has 9 rings (SSSR count). The standard InChI is InChI=1S/C43H41N5O8/c1-25(49)35-12-15-38(47-46-35)56-31-9-4-27(5-10-31)43(18-16-42(17-19-43)23-54-24-42)26-2-7-30(8-3-26)55-32-20-29(21-32)44-28-6-11-33-34(22-28)41(53)48(40(33)52)36-13-14-37(50)45-39(36)51/h2-12,15,22,29,32,36,44H,13-14,16-21,23-24H2,1H3,(H,45,50,51). The van der Waals surface area contributed by atoms with E-state index in [2.05, 4.69) is 57.2 Å². The van der Waals surface area contributed by atoms with Crippen LogP contribution >= 0.6 is 0 Å². The fourth-order valence-corrected chi connectivity index (χ4v) is 8.78. The van der Waals surface area contributed by atoms with E-state index in [0.717, 1.165) is 62.4 Å². The molecule has 2 aliphatic carbocycles. The molecule has 0 radical (unpaired) electrons. The average molecular weight is 756 g/mol. The number of rotatable bonds is 10. The molecule has 3 aromatic carbocycles. The summed E-state index contributed by atoms with van der Waals surface area (Å²) in [6.07, 6.45) is 5.93. The first-order valence-electron chi connectivity index (χ1n) is 19.2. The highest BCUT2D eigenvalue weighted by Crippen LogP contribution is 2.53. The molecule has 4 heterocycles. The second-order valence-corrected chi connectivity index (χ2v) is 15.8. The number of imide groups is 2. The van der Waals surface area contributed by atoms with E-state index < -0.39 is 29.7 Å². The van der Waals surface area contributed by atoms with Gasteiger partial charge in [-0.15, -0.1) is 10.2 Å². The smallest absolute Gasteiger partial charge is 0.262 e. The van der Waals surface area contributed by atoms with Gasteiger partial charge < -0.3 is 19.5 Å². The third-order valence-corrected chi connectivity index (χ3v) is 12.2. The highest BCUT2D eigenvalue weighted by atomic mass is 16.5. The van der Waals surface area contributed by atoms with E-state index in [9.17, 15) is 24.0 Å². The summed E-state index contributed by atoms with van der Waals surface area (Å²) >= 11 is 0. The Balaban J connectivity index is 0.833. The largest absolute Gasteiger partial charge is 0.490 e. The van der Waals surface area contributed by atoms with Crippen LogP contribution in [0, 0.1) is 5.41 Å². The summed E-state index contributed by atoms with van der Waals surface area (Å²) in [4.78, 5) is 62.9. The van der Waals surface area contributed by atoms with E-state index in [1.807, 2.05) is 12.1 Å². The topological polar surface area (TPSA) is 166 Å². The molecule has 13 nitrogen and oxygen atoms in total. The zero-order valence-electron chi connectivity index (χ0n) is 30.9. The van der Waals surface area contributed by atoms with Crippen LogP contribution in [0.4, 0.5) is 5.69 Å². The Hall–Kier alpha value is -5.95. The highest BCUT2D eigenvalue weighted by Gasteiger charge is 2.48. The van der Waals surface area contributed by atoms with Gasteiger partial charge in [0.05, 0.1) is 24.3 Å². The molecule has 4 aromatic rings. The molecule has 1 unspecified atom stereocenters. The summed E-state index contributed by atoms with van der Waals surface area (Å²) in [5.74, 6) is -0.453. The Bertz CT molecular complexity index is 2220. The van der Waals surface area contributed by atoms with Crippen molar-refractivity contribution in [3.05, 3.63) is 107 Å². The molecule has 1 atom stereocenters. The van der Waals surface area contributed by atoms with Crippen LogP contribution in [0.1, 0.15) is 101 Å². The maximum Gasteiger partial charge on any atom is 0.262 e. The number of nitrogens with zero attached hydrogens (tertiary/aromatic N) is 3. The van der Waals surface area contributed by atoms with Crippen molar-refractivity contribution >= 4 is 35.1 Å². The van der Waals surface area contributed by atoms with Crippen LogP contribution in [0.2, 0.25) is 0 Å². The monoisotopic (exact) mass is 755 g/mol. The Morgan fingerprint density at radius 3 is 2.11 bits per heavy atom. The molecule has 1 spiro atoms. The van der Waals surface area contributed by atoms with Crippen molar-refractivity contribution in [1.82, 2.24) is 20.4 Å². The maximum absolute atomic E-state index is 13.3. The van der Waals surface area contributed by atoms with Crippen LogP contribution in [0.3, 0.4) is 0 Å². The lowest BCUT2D eigenvalue weighted by Gasteiger charge is -2.51. The van der Waals surface area contributed by atoms with Gasteiger partial charge in [0.1, 0.15) is 29.3 Å². The van der Waals surface area contributed by atoms with Crippen molar-refractivity contribution in [2.75, 3.05) is 18.5 Å². The number of fused-ring (bicyclic) bond motifs is 1. The number of aromatic nitrogens is 2. The number of carbonyl (C=O) groups excluding carboxylic acids is 5. The molecule has 56 heavy (non-hydrogen) atoms. The van der Waals surface area contributed by atoms with E-state index in [0.29, 0.717) is 23.0 Å². The number of anilines is 1. The minimum absolute atomic E-state index is 0.0250. The lowest BCUT2D eigenvalue weighted by molar-refractivity contribution is -0.136. The van der Waals surface area contributed by atoms with Gasteiger partial charge in [-0.05, 0) is 91.8 Å². The van der Waals surface area contributed by atoms with Crippen LogP contribution in [0.15, 0.2) is 78.9 Å². The second-order valence-electron chi connectivity index (χ2n) is 15.8. The van der Waals surface area contributed by atoms with Gasteiger partial charge in [0.15, 0.2) is 5.78 Å². The number of hydrogen-bond acceptors (Lipinski definition) is 11. The molecule has 3 aliphatic heterocycles. The lowest BCUT2D eigenvalue weighted by Crippen LogP contribution is -2.54. The number of ketones is 1. The molecule has 5 aliphatic rings. The van der Waals surface area contributed by atoms with Crippen molar-refractivity contribution in [2.24, 2.45) is 5.41 Å². The summed E-state index contributed by atoms with van der Waals surface area (Å²) in [6.45, 7) is 3.11. The Morgan fingerprint density at radius 2 is 1.50 bits per heavy atom. The van der Waals surface area contributed by atoms with Gasteiger partial charge in [-0.2, -0.15) is 0 Å². The second kappa shape index (κ2) is 14.0. The molecular formula is C43H41N5O8. The molecule has 4 fully saturated rings. The van der Waals surface area contributed by atoms with Gasteiger partial charge in [0, 0.05) is 54.8 Å². The number of amides is 4. The number of Topliss-reactive ketones (excluding diaryl/α,β-unsaturated/α-hetero) is 1. The molecule has 2 saturated heterocycles. The van der Waals surface area contributed by atoms with E-state index in [4.69, 9.17) is 14.2 Å². The Labute approximate surface area is 323 Å². The van der Waals surface area contributed by atoms with Gasteiger partial charge in [-0.3, -0.25) is 34.2 Å². The van der Waals surface area contributed by atoms with E-state index in [1.54, 1.807) is 30.3 Å². The fraction of sp³-hybridized carbons (Fsp3) is 0.372. The number of ether oxygens (including phenoxy) is 3. The molecule has 4 amide bonds. The van der Waals surface area contributed by atoms with Crippen LogP contribution in [-0.4, -0.2) is 75.9 Å². The highest BCUT2D eigenvalue weighted by molar-refractivity contribution is 6.23. The summed E-state index contributed by atoms with van der Waals surface area (Å²) in [6, 6.07) is 24.1. The minimum atomic E-state index is -0.994. The minimum Gasteiger partial charge on any atom is -0.490 e.